The second-order valence-corrected chi connectivity index (χ2v) is 10.1. The molecule has 0 amide bonds. The molecule has 0 bridgehead atoms. The van der Waals surface area contributed by atoms with Crippen LogP contribution in [0.4, 0.5) is 0 Å². The van der Waals surface area contributed by atoms with Gasteiger partial charge in [0.15, 0.2) is 5.78 Å². The summed E-state index contributed by atoms with van der Waals surface area (Å²) in [5.74, 6) is 0.696. The third kappa shape index (κ3) is 3.27. The summed E-state index contributed by atoms with van der Waals surface area (Å²) >= 11 is 0. The summed E-state index contributed by atoms with van der Waals surface area (Å²) in [6.07, 6.45) is 7.42. The lowest BCUT2D eigenvalue weighted by Crippen LogP contribution is -2.45. The van der Waals surface area contributed by atoms with Gasteiger partial charge >= 0.3 is 0 Å². The summed E-state index contributed by atoms with van der Waals surface area (Å²) in [7, 11) is 1.91. The lowest BCUT2D eigenvalue weighted by Gasteiger charge is -2.44. The van der Waals surface area contributed by atoms with E-state index in [1.165, 1.54) is 0 Å². The smallest absolute Gasteiger partial charge is 0.176 e. The van der Waals surface area contributed by atoms with Crippen LogP contribution in [0.1, 0.15) is 31.7 Å². The second-order valence-electron chi connectivity index (χ2n) is 10.1. The van der Waals surface area contributed by atoms with Gasteiger partial charge < -0.3 is 0 Å². The Morgan fingerprint density at radius 3 is 2.56 bits per heavy atom. The molecule has 2 aromatic carbocycles. The second kappa shape index (κ2) is 8.17. The van der Waals surface area contributed by atoms with Crippen LogP contribution in [0, 0.1) is 23.2 Å². The molecular formula is C30H27N5O. The average molecular weight is 474 g/mol. The Balaban J connectivity index is 1.60. The number of hydrogen-bond acceptors (Lipinski definition) is 4. The maximum absolute atomic E-state index is 12.8. The van der Waals surface area contributed by atoms with Crippen LogP contribution in [0.15, 0.2) is 78.6 Å². The summed E-state index contributed by atoms with van der Waals surface area (Å²) < 4.78 is 4.02. The number of allylic oxidation sites excluding steroid dienone is 2. The highest BCUT2D eigenvalue weighted by molar-refractivity contribution is 6.02. The molecular weight excluding hydrogens is 446 g/mol. The number of Topliss-reactive ketones (excluding diaryl/α,β-unsaturated/α-hetero) is 1. The molecule has 0 saturated heterocycles. The van der Waals surface area contributed by atoms with Crippen LogP contribution >= 0.6 is 0 Å². The fraction of sp³-hybridized carbons (Fsp3) is 0.267. The zero-order valence-electron chi connectivity index (χ0n) is 20.6. The van der Waals surface area contributed by atoms with E-state index in [0.717, 1.165) is 52.4 Å². The Kier molecular flexibility index (Phi) is 5.04. The highest BCUT2D eigenvalue weighted by atomic mass is 16.1. The molecule has 0 saturated carbocycles. The number of hydrogen-bond donors (Lipinski definition) is 0. The molecule has 6 heteroatoms. The molecule has 0 radical (unpaired) electrons. The molecule has 2 aliphatic carbocycles. The molecule has 0 N–H and O–H groups in total. The standard InChI is InChI=1S/C30H27N5O/c1-19-25-12-13-26-28(30(25,2)15-23(16-31)27(19)36)33-29(35(26)24-17-32-34(3)18-24)22-11-7-10-21(14-22)20-8-5-4-6-9-20/h4-11,14-15,17-19,25H,12-13H2,1-3H3/t19-,25-,30-/m1/s1. The third-order valence-corrected chi connectivity index (χ3v) is 7.97. The van der Waals surface area contributed by atoms with E-state index in [1.54, 1.807) is 4.68 Å². The van der Waals surface area contributed by atoms with E-state index < -0.39 is 5.41 Å². The first-order valence-electron chi connectivity index (χ1n) is 12.3. The van der Waals surface area contributed by atoms with Gasteiger partial charge in [-0.05, 0) is 36.0 Å². The van der Waals surface area contributed by atoms with Crippen molar-refractivity contribution >= 4 is 5.78 Å². The van der Waals surface area contributed by atoms with Gasteiger partial charge in [0.05, 0.1) is 23.2 Å². The zero-order valence-corrected chi connectivity index (χ0v) is 20.6. The maximum Gasteiger partial charge on any atom is 0.176 e. The number of aryl methyl sites for hydroxylation is 1. The molecule has 0 fully saturated rings. The summed E-state index contributed by atoms with van der Waals surface area (Å²) in [5, 5.41) is 14.1. The first-order valence-corrected chi connectivity index (χ1v) is 12.3. The number of nitrogens with zero attached hydrogens (tertiary/aromatic N) is 5. The van der Waals surface area contributed by atoms with Gasteiger partial charge in [0.2, 0.25) is 0 Å². The topological polar surface area (TPSA) is 76.5 Å². The van der Waals surface area contributed by atoms with Crippen molar-refractivity contribution in [3.8, 4) is 34.3 Å². The van der Waals surface area contributed by atoms with E-state index in [-0.39, 0.29) is 23.2 Å². The molecule has 0 spiro atoms. The van der Waals surface area contributed by atoms with E-state index in [2.05, 4.69) is 59.1 Å². The minimum Gasteiger partial charge on any atom is -0.293 e. The fourth-order valence-corrected chi connectivity index (χ4v) is 6.18. The van der Waals surface area contributed by atoms with Gasteiger partial charge in [-0.25, -0.2) is 4.98 Å². The van der Waals surface area contributed by atoms with Crippen molar-refractivity contribution in [3.63, 3.8) is 0 Å². The first kappa shape index (κ1) is 22.2. The van der Waals surface area contributed by atoms with Gasteiger partial charge in [-0.2, -0.15) is 10.4 Å². The van der Waals surface area contributed by atoms with Gasteiger partial charge in [-0.15, -0.1) is 0 Å². The number of aromatic nitrogens is 4. The molecule has 3 atom stereocenters. The van der Waals surface area contributed by atoms with Crippen LogP contribution in [0.2, 0.25) is 0 Å². The highest BCUT2D eigenvalue weighted by Crippen LogP contribution is 2.50. The van der Waals surface area contributed by atoms with E-state index in [0.29, 0.717) is 0 Å². The number of benzene rings is 2. The molecule has 36 heavy (non-hydrogen) atoms. The number of fused-ring (bicyclic) bond motifs is 3. The molecule has 4 aromatic rings. The maximum atomic E-state index is 12.8. The molecule has 2 heterocycles. The van der Waals surface area contributed by atoms with Gasteiger partial charge in [-0.3, -0.25) is 14.0 Å². The quantitative estimate of drug-likeness (QED) is 0.398. The fourth-order valence-electron chi connectivity index (χ4n) is 6.18. The van der Waals surface area contributed by atoms with Crippen molar-refractivity contribution in [2.24, 2.45) is 18.9 Å². The number of rotatable bonds is 3. The van der Waals surface area contributed by atoms with Crippen molar-refractivity contribution in [2.45, 2.75) is 32.1 Å². The zero-order chi connectivity index (χ0) is 25.0. The van der Waals surface area contributed by atoms with Crippen molar-refractivity contribution < 1.29 is 4.79 Å². The van der Waals surface area contributed by atoms with Crippen molar-refractivity contribution in [1.29, 1.82) is 5.26 Å². The summed E-state index contributed by atoms with van der Waals surface area (Å²) in [6.45, 7) is 4.10. The van der Waals surface area contributed by atoms with Crippen molar-refractivity contribution in [1.82, 2.24) is 19.3 Å². The predicted molar refractivity (Wildman–Crippen MR) is 138 cm³/mol. The number of imidazole rings is 1. The van der Waals surface area contributed by atoms with Gasteiger partial charge in [-0.1, -0.05) is 68.5 Å². The Labute approximate surface area is 210 Å². The van der Waals surface area contributed by atoms with E-state index in [9.17, 15) is 10.1 Å². The minimum absolute atomic E-state index is 0.0501. The molecule has 6 nitrogen and oxygen atoms in total. The average Bonchev–Trinajstić information content (AvgIpc) is 3.51. The Bertz CT molecular complexity index is 1570. The SMILES string of the molecule is C[C@H]1C(=O)C(C#N)=C[C@@]2(C)c3nc(-c4cccc(-c5ccccc5)c4)n(-c4cnn(C)c4)c3CC[C@H]12. The summed E-state index contributed by atoms with van der Waals surface area (Å²) in [6, 6.07) is 20.9. The van der Waals surface area contributed by atoms with E-state index >= 15 is 0 Å². The van der Waals surface area contributed by atoms with Crippen LogP contribution in [-0.2, 0) is 23.7 Å². The third-order valence-electron chi connectivity index (χ3n) is 7.97. The summed E-state index contributed by atoms with van der Waals surface area (Å²) in [5.41, 5.74) is 6.07. The highest BCUT2D eigenvalue weighted by Gasteiger charge is 2.50. The Morgan fingerprint density at radius 1 is 1.08 bits per heavy atom. The van der Waals surface area contributed by atoms with Crippen LogP contribution < -0.4 is 0 Å². The van der Waals surface area contributed by atoms with E-state index in [4.69, 9.17) is 4.98 Å². The normalized spacial score (nSPS) is 22.9. The van der Waals surface area contributed by atoms with Crippen LogP contribution in [0.25, 0.3) is 28.2 Å². The molecule has 0 unspecified atom stereocenters. The van der Waals surface area contributed by atoms with E-state index in [1.807, 2.05) is 50.6 Å². The largest absolute Gasteiger partial charge is 0.293 e. The van der Waals surface area contributed by atoms with Crippen molar-refractivity contribution in [2.75, 3.05) is 0 Å². The monoisotopic (exact) mass is 473 g/mol. The number of nitriles is 1. The molecule has 6 rings (SSSR count). The van der Waals surface area contributed by atoms with Gasteiger partial charge in [0, 0.05) is 35.8 Å². The first-order chi connectivity index (χ1) is 17.4. The Hall–Kier alpha value is -4.24. The van der Waals surface area contributed by atoms with Crippen LogP contribution in [0.5, 0.6) is 0 Å². The van der Waals surface area contributed by atoms with Crippen LogP contribution in [-0.4, -0.2) is 25.1 Å². The number of carbonyl (C=O) groups is 1. The molecule has 2 aliphatic rings. The van der Waals surface area contributed by atoms with Crippen molar-refractivity contribution in [3.05, 3.63) is 90.0 Å². The van der Waals surface area contributed by atoms with Crippen LogP contribution in [0.3, 0.4) is 0 Å². The number of ketones is 1. The number of carbonyl (C=O) groups excluding carboxylic acids is 1. The summed E-state index contributed by atoms with van der Waals surface area (Å²) in [4.78, 5) is 18.1. The molecule has 2 aromatic heterocycles. The predicted octanol–water partition coefficient (Wildman–Crippen LogP) is 5.43. The van der Waals surface area contributed by atoms with Gasteiger partial charge in [0.1, 0.15) is 11.9 Å². The molecule has 0 aliphatic heterocycles. The lowest BCUT2D eigenvalue weighted by molar-refractivity contribution is -0.121. The van der Waals surface area contributed by atoms with Gasteiger partial charge in [0.25, 0.3) is 0 Å². The molecule has 178 valence electrons. The Morgan fingerprint density at radius 2 is 1.83 bits per heavy atom. The lowest BCUT2D eigenvalue weighted by atomic mass is 9.58. The minimum atomic E-state index is -0.495.